The first-order valence-electron chi connectivity index (χ1n) is 6.10. The van der Waals surface area contributed by atoms with Crippen molar-refractivity contribution >= 4 is 17.1 Å². The van der Waals surface area contributed by atoms with Crippen molar-refractivity contribution in [1.82, 2.24) is 0 Å². The van der Waals surface area contributed by atoms with Gasteiger partial charge in [0, 0.05) is 12.8 Å². The minimum Gasteiger partial charge on any atom is -0.395 e. The Labute approximate surface area is 112 Å². The standard InChI is InChI=1S/C15H17FN2O/c1-19-10-9-11-5-2-3-7-13(11)18-14-8-4-6-12(16)15(14)17/h2-8,18H,9-10,17H2,1H3. The van der Waals surface area contributed by atoms with Crippen LogP contribution in [0.1, 0.15) is 5.56 Å². The Kier molecular flexibility index (Phi) is 4.36. The summed E-state index contributed by atoms with van der Waals surface area (Å²) in [4.78, 5) is 0. The molecule has 0 aliphatic heterocycles. The van der Waals surface area contributed by atoms with E-state index in [-0.39, 0.29) is 5.69 Å². The van der Waals surface area contributed by atoms with E-state index >= 15 is 0 Å². The highest BCUT2D eigenvalue weighted by Gasteiger charge is 2.07. The fraction of sp³-hybridized carbons (Fsp3) is 0.200. The van der Waals surface area contributed by atoms with Gasteiger partial charge in [0.05, 0.1) is 18.0 Å². The molecule has 3 N–H and O–H groups in total. The summed E-state index contributed by atoms with van der Waals surface area (Å²) in [5, 5.41) is 3.17. The van der Waals surface area contributed by atoms with Crippen molar-refractivity contribution in [3.05, 3.63) is 53.8 Å². The third-order valence-corrected chi connectivity index (χ3v) is 2.92. The van der Waals surface area contributed by atoms with Crippen LogP contribution in [-0.2, 0) is 11.2 Å². The van der Waals surface area contributed by atoms with Crippen molar-refractivity contribution in [2.75, 3.05) is 24.8 Å². The number of rotatable bonds is 5. The zero-order chi connectivity index (χ0) is 13.7. The molecule has 2 rings (SSSR count). The van der Waals surface area contributed by atoms with Crippen LogP contribution in [0, 0.1) is 5.82 Å². The van der Waals surface area contributed by atoms with Gasteiger partial charge in [0.25, 0.3) is 0 Å². The van der Waals surface area contributed by atoms with Gasteiger partial charge in [-0.3, -0.25) is 0 Å². The van der Waals surface area contributed by atoms with E-state index in [0.717, 1.165) is 17.7 Å². The number of halogens is 1. The Morgan fingerprint density at radius 2 is 1.84 bits per heavy atom. The Morgan fingerprint density at radius 3 is 2.63 bits per heavy atom. The van der Waals surface area contributed by atoms with Gasteiger partial charge in [-0.15, -0.1) is 0 Å². The summed E-state index contributed by atoms with van der Waals surface area (Å²) in [5.74, 6) is -0.417. The van der Waals surface area contributed by atoms with Crippen LogP contribution in [0.3, 0.4) is 0 Å². The lowest BCUT2D eigenvalue weighted by Gasteiger charge is -2.13. The summed E-state index contributed by atoms with van der Waals surface area (Å²) < 4.78 is 18.5. The van der Waals surface area contributed by atoms with Crippen LogP contribution in [0.15, 0.2) is 42.5 Å². The van der Waals surface area contributed by atoms with E-state index in [0.29, 0.717) is 12.3 Å². The van der Waals surface area contributed by atoms with E-state index in [9.17, 15) is 4.39 Å². The third-order valence-electron chi connectivity index (χ3n) is 2.92. The molecule has 0 radical (unpaired) electrons. The van der Waals surface area contributed by atoms with Gasteiger partial charge in [0.15, 0.2) is 0 Å². The summed E-state index contributed by atoms with van der Waals surface area (Å²) in [6.07, 6.45) is 0.787. The van der Waals surface area contributed by atoms with Crippen LogP contribution in [-0.4, -0.2) is 13.7 Å². The van der Waals surface area contributed by atoms with Crippen LogP contribution >= 0.6 is 0 Å². The number of anilines is 3. The predicted octanol–water partition coefficient (Wildman–Crippen LogP) is 3.34. The van der Waals surface area contributed by atoms with Crippen molar-refractivity contribution < 1.29 is 9.13 Å². The smallest absolute Gasteiger partial charge is 0.148 e. The number of nitrogen functional groups attached to an aromatic ring is 1. The van der Waals surface area contributed by atoms with E-state index in [1.807, 2.05) is 24.3 Å². The molecule has 0 spiro atoms. The molecule has 0 fully saturated rings. The van der Waals surface area contributed by atoms with E-state index in [1.165, 1.54) is 6.07 Å². The molecule has 0 bridgehead atoms. The fourth-order valence-electron chi connectivity index (χ4n) is 1.86. The molecular weight excluding hydrogens is 243 g/mol. The zero-order valence-corrected chi connectivity index (χ0v) is 10.8. The average Bonchev–Trinajstić information content (AvgIpc) is 2.43. The first-order chi connectivity index (χ1) is 9.22. The molecule has 0 aromatic heterocycles. The molecule has 0 unspecified atom stereocenters. The molecule has 0 amide bonds. The van der Waals surface area contributed by atoms with Crippen LogP contribution in [0.2, 0.25) is 0 Å². The molecule has 4 heteroatoms. The van der Waals surface area contributed by atoms with Crippen LogP contribution in [0.5, 0.6) is 0 Å². The van der Waals surface area contributed by atoms with Crippen LogP contribution in [0.25, 0.3) is 0 Å². The minimum atomic E-state index is -0.417. The molecule has 0 heterocycles. The number of para-hydroxylation sites is 2. The zero-order valence-electron chi connectivity index (χ0n) is 10.8. The number of methoxy groups -OCH3 is 1. The highest BCUT2D eigenvalue weighted by atomic mass is 19.1. The molecular formula is C15H17FN2O. The van der Waals surface area contributed by atoms with E-state index in [4.69, 9.17) is 10.5 Å². The van der Waals surface area contributed by atoms with Crippen LogP contribution in [0.4, 0.5) is 21.5 Å². The summed E-state index contributed by atoms with van der Waals surface area (Å²) in [5.41, 5.74) is 8.44. The molecule has 0 saturated heterocycles. The number of hydrogen-bond acceptors (Lipinski definition) is 3. The second-order valence-electron chi connectivity index (χ2n) is 4.23. The lowest BCUT2D eigenvalue weighted by atomic mass is 10.1. The van der Waals surface area contributed by atoms with Gasteiger partial charge in [-0.2, -0.15) is 0 Å². The van der Waals surface area contributed by atoms with Crippen molar-refractivity contribution in [2.24, 2.45) is 0 Å². The summed E-state index contributed by atoms with van der Waals surface area (Å²) >= 11 is 0. The first kappa shape index (κ1) is 13.4. The van der Waals surface area contributed by atoms with Gasteiger partial charge in [-0.25, -0.2) is 4.39 Å². The second kappa shape index (κ2) is 6.20. The molecule has 2 aromatic rings. The van der Waals surface area contributed by atoms with Crippen molar-refractivity contribution in [3.8, 4) is 0 Å². The quantitative estimate of drug-likeness (QED) is 0.810. The van der Waals surface area contributed by atoms with Crippen molar-refractivity contribution in [1.29, 1.82) is 0 Å². The van der Waals surface area contributed by atoms with Gasteiger partial charge in [0.2, 0.25) is 0 Å². The maximum atomic E-state index is 13.4. The average molecular weight is 260 g/mol. The Bertz CT molecular complexity index is 558. The lowest BCUT2D eigenvalue weighted by Crippen LogP contribution is -2.02. The Morgan fingerprint density at radius 1 is 1.11 bits per heavy atom. The molecule has 100 valence electrons. The van der Waals surface area contributed by atoms with Crippen molar-refractivity contribution in [3.63, 3.8) is 0 Å². The molecule has 2 aromatic carbocycles. The third kappa shape index (κ3) is 3.23. The number of nitrogens with two attached hydrogens (primary N) is 1. The highest BCUT2D eigenvalue weighted by molar-refractivity contribution is 5.74. The van der Waals surface area contributed by atoms with E-state index in [1.54, 1.807) is 19.2 Å². The van der Waals surface area contributed by atoms with Gasteiger partial charge in [-0.1, -0.05) is 24.3 Å². The van der Waals surface area contributed by atoms with Gasteiger partial charge < -0.3 is 15.8 Å². The molecule has 0 aliphatic carbocycles. The van der Waals surface area contributed by atoms with Gasteiger partial charge in [0.1, 0.15) is 5.82 Å². The summed E-state index contributed by atoms with van der Waals surface area (Å²) in [7, 11) is 1.67. The summed E-state index contributed by atoms with van der Waals surface area (Å²) in [6.45, 7) is 0.636. The Balaban J connectivity index is 2.25. The SMILES string of the molecule is COCCc1ccccc1Nc1cccc(F)c1N. The van der Waals surface area contributed by atoms with E-state index in [2.05, 4.69) is 5.32 Å². The Hall–Kier alpha value is -2.07. The van der Waals surface area contributed by atoms with Gasteiger partial charge in [-0.05, 0) is 30.2 Å². The molecule has 0 aliphatic rings. The summed E-state index contributed by atoms with van der Waals surface area (Å²) in [6, 6.07) is 12.6. The minimum absolute atomic E-state index is 0.129. The number of ether oxygens (including phenoxy) is 1. The number of nitrogens with one attached hydrogen (secondary N) is 1. The molecule has 0 atom stereocenters. The fourth-order valence-corrected chi connectivity index (χ4v) is 1.86. The van der Waals surface area contributed by atoms with Crippen LogP contribution < -0.4 is 11.1 Å². The predicted molar refractivity (Wildman–Crippen MR) is 76.1 cm³/mol. The lowest BCUT2D eigenvalue weighted by molar-refractivity contribution is 0.202. The van der Waals surface area contributed by atoms with Gasteiger partial charge >= 0.3 is 0 Å². The maximum absolute atomic E-state index is 13.4. The van der Waals surface area contributed by atoms with E-state index < -0.39 is 5.82 Å². The molecule has 19 heavy (non-hydrogen) atoms. The van der Waals surface area contributed by atoms with Crippen molar-refractivity contribution in [2.45, 2.75) is 6.42 Å². The topological polar surface area (TPSA) is 47.3 Å². The highest BCUT2D eigenvalue weighted by Crippen LogP contribution is 2.27. The second-order valence-corrected chi connectivity index (χ2v) is 4.23. The number of hydrogen-bond donors (Lipinski definition) is 2. The number of benzene rings is 2. The largest absolute Gasteiger partial charge is 0.395 e. The molecule has 3 nitrogen and oxygen atoms in total. The molecule has 0 saturated carbocycles. The normalized spacial score (nSPS) is 10.4. The first-order valence-corrected chi connectivity index (χ1v) is 6.10. The maximum Gasteiger partial charge on any atom is 0.148 e. The monoisotopic (exact) mass is 260 g/mol.